The Bertz CT molecular complexity index is 711. The Kier molecular flexibility index (Phi) is 3.63. The fourth-order valence-corrected chi connectivity index (χ4v) is 3.65. The van der Waals surface area contributed by atoms with E-state index >= 15 is 0 Å². The van der Waals surface area contributed by atoms with Crippen LogP contribution in [0, 0.1) is 0 Å². The fraction of sp³-hybridized carbons (Fsp3) is 0.467. The number of halogens is 1. The molecule has 6 nitrogen and oxygen atoms in total. The highest BCUT2D eigenvalue weighted by molar-refractivity contribution is 9.10. The van der Waals surface area contributed by atoms with Crippen molar-refractivity contribution in [2.75, 3.05) is 38.0 Å². The van der Waals surface area contributed by atoms with Gasteiger partial charge in [0.2, 0.25) is 5.91 Å². The summed E-state index contributed by atoms with van der Waals surface area (Å²) < 4.78 is 2.73. The van der Waals surface area contributed by atoms with E-state index in [-0.39, 0.29) is 11.9 Å². The summed E-state index contributed by atoms with van der Waals surface area (Å²) in [6.45, 7) is 4.99. The van der Waals surface area contributed by atoms with Crippen molar-refractivity contribution in [1.82, 2.24) is 19.4 Å². The van der Waals surface area contributed by atoms with Crippen LogP contribution >= 0.6 is 15.9 Å². The van der Waals surface area contributed by atoms with Crippen LogP contribution in [0.5, 0.6) is 0 Å². The number of hydrogen-bond donors (Lipinski definition) is 1. The Labute approximate surface area is 137 Å². The maximum absolute atomic E-state index is 12.6. The van der Waals surface area contributed by atoms with Gasteiger partial charge in [-0.05, 0) is 41.0 Å². The molecule has 3 saturated heterocycles. The summed E-state index contributed by atoms with van der Waals surface area (Å²) in [6, 6.07) is 5.77. The first-order chi connectivity index (χ1) is 10.7. The molecule has 3 unspecified atom stereocenters. The summed E-state index contributed by atoms with van der Waals surface area (Å²) in [6.07, 6.45) is 3.03. The number of aromatic nitrogens is 2. The number of nitrogens with zero attached hydrogens (tertiary/aromatic N) is 4. The molecule has 0 aliphatic carbocycles. The van der Waals surface area contributed by atoms with Crippen LogP contribution in [0.3, 0.4) is 0 Å². The lowest BCUT2D eigenvalue weighted by Crippen LogP contribution is -2.55. The molecule has 5 heterocycles. The number of amides is 1. The highest BCUT2D eigenvalue weighted by Gasteiger charge is 2.34. The minimum atomic E-state index is -0.0622. The predicted molar refractivity (Wildman–Crippen MR) is 87.9 cm³/mol. The number of piperazine rings is 1. The van der Waals surface area contributed by atoms with E-state index in [0.717, 1.165) is 49.1 Å². The number of hydrogen-bond acceptors (Lipinski definition) is 4. The first-order valence-corrected chi connectivity index (χ1v) is 8.40. The molecular formula is C15H18BrN5O. The summed E-state index contributed by atoms with van der Waals surface area (Å²) in [5.74, 6) is 0.661. The first kappa shape index (κ1) is 14.2. The molecule has 3 atom stereocenters. The molecule has 2 aromatic rings. The van der Waals surface area contributed by atoms with Crippen molar-refractivity contribution in [3.8, 4) is 0 Å². The van der Waals surface area contributed by atoms with Gasteiger partial charge in [-0.15, -0.1) is 5.10 Å². The van der Waals surface area contributed by atoms with E-state index < -0.39 is 0 Å². The van der Waals surface area contributed by atoms with Crippen LogP contribution in [-0.4, -0.2) is 64.1 Å². The minimum Gasteiger partial charge on any atom is -0.308 e. The summed E-state index contributed by atoms with van der Waals surface area (Å²) in [5.41, 5.74) is 0.963. The largest absolute Gasteiger partial charge is 0.308 e. The number of carbonyl (C=O) groups excluding carboxylic acids is 1. The molecule has 2 aromatic heterocycles. The van der Waals surface area contributed by atoms with Gasteiger partial charge < -0.3 is 5.32 Å². The van der Waals surface area contributed by atoms with Crippen LogP contribution in [0.2, 0.25) is 0 Å². The zero-order chi connectivity index (χ0) is 15.1. The third-order valence-corrected chi connectivity index (χ3v) is 4.94. The Morgan fingerprint density at radius 3 is 3.09 bits per heavy atom. The molecule has 0 saturated carbocycles. The Morgan fingerprint density at radius 2 is 2.18 bits per heavy atom. The zero-order valence-corrected chi connectivity index (χ0v) is 13.8. The number of fused-ring (bicyclic) bond motifs is 5. The summed E-state index contributed by atoms with van der Waals surface area (Å²) in [7, 11) is 0. The van der Waals surface area contributed by atoms with Crippen molar-refractivity contribution in [2.45, 2.75) is 12.5 Å². The van der Waals surface area contributed by atoms with Gasteiger partial charge in [-0.3, -0.25) is 14.6 Å². The fourth-order valence-electron chi connectivity index (χ4n) is 3.33. The molecule has 5 rings (SSSR count). The minimum absolute atomic E-state index is 0.0501. The monoisotopic (exact) mass is 363 g/mol. The van der Waals surface area contributed by atoms with Gasteiger partial charge in [0.25, 0.3) is 0 Å². The van der Waals surface area contributed by atoms with E-state index in [1.165, 1.54) is 0 Å². The van der Waals surface area contributed by atoms with E-state index in [9.17, 15) is 4.79 Å². The lowest BCUT2D eigenvalue weighted by molar-refractivity contribution is -0.122. The van der Waals surface area contributed by atoms with Gasteiger partial charge in [0.15, 0.2) is 5.82 Å². The van der Waals surface area contributed by atoms with Crippen molar-refractivity contribution in [1.29, 1.82) is 0 Å². The van der Waals surface area contributed by atoms with Crippen LogP contribution < -0.4 is 5.32 Å². The predicted octanol–water partition coefficient (Wildman–Crippen LogP) is 1.43. The van der Waals surface area contributed by atoms with Crippen molar-refractivity contribution < 1.29 is 4.79 Å². The molecule has 1 N–H and O–H groups in total. The standard InChI is InChI=1S/C15H18BrN5O/c16-11-2-3-12-8-14(18-21(12)9-11)17-15(22)13-10-19-4-1-5-20(13)7-6-19/h2-3,8-9,13H,1,4-7,10H2,(H,17,18,22). The van der Waals surface area contributed by atoms with Crippen molar-refractivity contribution in [3.05, 3.63) is 28.9 Å². The van der Waals surface area contributed by atoms with Crippen LogP contribution in [0.15, 0.2) is 28.9 Å². The molecular weight excluding hydrogens is 346 g/mol. The van der Waals surface area contributed by atoms with E-state index in [2.05, 4.69) is 36.1 Å². The molecule has 1 amide bonds. The van der Waals surface area contributed by atoms with E-state index in [1.54, 1.807) is 4.52 Å². The number of nitrogens with one attached hydrogen (secondary N) is 1. The maximum atomic E-state index is 12.6. The zero-order valence-electron chi connectivity index (χ0n) is 12.2. The van der Waals surface area contributed by atoms with Gasteiger partial charge in [0.1, 0.15) is 6.04 Å². The van der Waals surface area contributed by atoms with Crippen LogP contribution in [0.25, 0.3) is 5.52 Å². The lowest BCUT2D eigenvalue weighted by Gasteiger charge is -2.36. The van der Waals surface area contributed by atoms with Gasteiger partial charge in [0.05, 0.1) is 5.52 Å². The number of pyridine rings is 1. The summed E-state index contributed by atoms with van der Waals surface area (Å²) in [5, 5.41) is 7.40. The quantitative estimate of drug-likeness (QED) is 0.876. The molecule has 3 aliphatic heterocycles. The highest BCUT2D eigenvalue weighted by Crippen LogP contribution is 2.19. The van der Waals surface area contributed by atoms with E-state index in [1.807, 2.05) is 24.4 Å². The third-order valence-electron chi connectivity index (χ3n) is 4.47. The molecule has 0 spiro atoms. The molecule has 3 aliphatic rings. The van der Waals surface area contributed by atoms with Gasteiger partial charge in [-0.25, -0.2) is 4.52 Å². The van der Waals surface area contributed by atoms with Crippen LogP contribution in [-0.2, 0) is 4.79 Å². The number of anilines is 1. The van der Waals surface area contributed by atoms with Gasteiger partial charge in [0, 0.05) is 42.9 Å². The van der Waals surface area contributed by atoms with Crippen LogP contribution in [0.1, 0.15) is 6.42 Å². The Morgan fingerprint density at radius 1 is 1.27 bits per heavy atom. The van der Waals surface area contributed by atoms with Crippen LogP contribution in [0.4, 0.5) is 5.82 Å². The smallest absolute Gasteiger partial charge is 0.244 e. The lowest BCUT2D eigenvalue weighted by atomic mass is 10.1. The highest BCUT2D eigenvalue weighted by atomic mass is 79.9. The molecule has 22 heavy (non-hydrogen) atoms. The summed E-state index contributed by atoms with van der Waals surface area (Å²) >= 11 is 3.43. The average molecular weight is 364 g/mol. The van der Waals surface area contributed by atoms with Gasteiger partial charge >= 0.3 is 0 Å². The van der Waals surface area contributed by atoms with Crippen molar-refractivity contribution in [2.24, 2.45) is 0 Å². The first-order valence-electron chi connectivity index (χ1n) is 7.61. The Balaban J connectivity index is 1.53. The molecule has 116 valence electrons. The van der Waals surface area contributed by atoms with Crippen molar-refractivity contribution >= 4 is 33.2 Å². The third kappa shape index (κ3) is 2.64. The maximum Gasteiger partial charge on any atom is 0.244 e. The molecule has 2 bridgehead atoms. The second-order valence-corrected chi connectivity index (χ2v) is 6.86. The SMILES string of the molecule is O=C(Nc1cc2ccc(Br)cn2n1)C1CN2CCCN1CC2. The second-order valence-electron chi connectivity index (χ2n) is 5.94. The molecule has 0 aromatic carbocycles. The van der Waals surface area contributed by atoms with E-state index in [0.29, 0.717) is 5.82 Å². The second kappa shape index (κ2) is 5.64. The normalized spacial score (nSPS) is 27.8. The molecule has 0 radical (unpaired) electrons. The summed E-state index contributed by atoms with van der Waals surface area (Å²) in [4.78, 5) is 17.3. The average Bonchev–Trinajstić information content (AvgIpc) is 2.67. The molecule has 7 heteroatoms. The number of rotatable bonds is 2. The molecule has 3 fully saturated rings. The Hall–Kier alpha value is -1.44. The van der Waals surface area contributed by atoms with E-state index in [4.69, 9.17) is 0 Å². The van der Waals surface area contributed by atoms with Crippen molar-refractivity contribution in [3.63, 3.8) is 0 Å². The van der Waals surface area contributed by atoms with Gasteiger partial charge in [-0.1, -0.05) is 0 Å². The number of carbonyl (C=O) groups is 1. The topological polar surface area (TPSA) is 52.9 Å². The van der Waals surface area contributed by atoms with Gasteiger partial charge in [-0.2, -0.15) is 0 Å².